The number of para-hydroxylation sites is 2. The van der Waals surface area contributed by atoms with Gasteiger partial charge in [-0.1, -0.05) is 42.5 Å². The van der Waals surface area contributed by atoms with Gasteiger partial charge >= 0.3 is 0 Å². The lowest BCUT2D eigenvalue weighted by Crippen LogP contribution is -2.59. The number of ether oxygens (including phenoxy) is 1. The standard InChI is InChI=1S/C28H32N4O4/c1-17(29-4)27(34)30-26-18(2)32(19(3)33)24-13-9-8-12-23(24)31(28(26)35)16-22-21-11-7-6-10-20(21)14-15-25(22)36-5/h6-15,17-18,26,29H,16H2,1-5H3,(H,30,34)/t17?,18-,26-/m0/s1. The van der Waals surface area contributed by atoms with Crippen LogP contribution in [0.1, 0.15) is 26.3 Å². The van der Waals surface area contributed by atoms with Gasteiger partial charge in [0, 0.05) is 12.5 Å². The minimum atomic E-state index is -0.953. The molecule has 0 saturated carbocycles. The highest BCUT2D eigenvalue weighted by Crippen LogP contribution is 2.38. The van der Waals surface area contributed by atoms with E-state index in [-0.39, 0.29) is 24.3 Å². The predicted octanol–water partition coefficient (Wildman–Crippen LogP) is 3.23. The normalized spacial score (nSPS) is 18.4. The summed E-state index contributed by atoms with van der Waals surface area (Å²) in [5.41, 5.74) is 2.05. The van der Waals surface area contributed by atoms with E-state index in [0.29, 0.717) is 17.1 Å². The van der Waals surface area contributed by atoms with Gasteiger partial charge in [0.25, 0.3) is 5.91 Å². The Morgan fingerprint density at radius 3 is 2.36 bits per heavy atom. The Labute approximate surface area is 211 Å². The number of benzene rings is 3. The van der Waals surface area contributed by atoms with Crippen molar-refractivity contribution in [2.75, 3.05) is 24.0 Å². The van der Waals surface area contributed by atoms with Gasteiger partial charge in [0.2, 0.25) is 11.8 Å². The first-order valence-electron chi connectivity index (χ1n) is 12.0. The van der Waals surface area contributed by atoms with Crippen LogP contribution in [0, 0.1) is 0 Å². The molecule has 0 spiro atoms. The van der Waals surface area contributed by atoms with Gasteiger partial charge in [0.15, 0.2) is 0 Å². The molecule has 4 rings (SSSR count). The Morgan fingerprint density at radius 2 is 1.69 bits per heavy atom. The number of hydrogen-bond donors (Lipinski definition) is 2. The van der Waals surface area contributed by atoms with Crippen LogP contribution in [0.2, 0.25) is 0 Å². The van der Waals surface area contributed by atoms with Crippen molar-refractivity contribution in [2.45, 2.75) is 45.4 Å². The Bertz CT molecular complexity index is 1310. The second kappa shape index (κ2) is 10.4. The number of carbonyl (C=O) groups is 3. The molecule has 3 aromatic carbocycles. The number of likely N-dealkylation sites (N-methyl/N-ethyl adjacent to an activating group) is 1. The zero-order chi connectivity index (χ0) is 26.0. The topological polar surface area (TPSA) is 91.0 Å². The Morgan fingerprint density at radius 1 is 1.03 bits per heavy atom. The third kappa shape index (κ3) is 4.52. The lowest BCUT2D eigenvalue weighted by molar-refractivity contribution is -0.129. The van der Waals surface area contributed by atoms with E-state index in [4.69, 9.17) is 4.74 Å². The first kappa shape index (κ1) is 25.2. The zero-order valence-electron chi connectivity index (χ0n) is 21.2. The minimum absolute atomic E-state index is 0.201. The van der Waals surface area contributed by atoms with E-state index in [1.807, 2.05) is 60.7 Å². The molecule has 3 amide bonds. The summed E-state index contributed by atoms with van der Waals surface area (Å²) < 4.78 is 5.69. The monoisotopic (exact) mass is 488 g/mol. The van der Waals surface area contributed by atoms with Crippen LogP contribution in [0.4, 0.5) is 11.4 Å². The molecule has 0 fully saturated rings. The summed E-state index contributed by atoms with van der Waals surface area (Å²) in [6.45, 7) is 5.17. The molecule has 8 heteroatoms. The van der Waals surface area contributed by atoms with Gasteiger partial charge in [-0.2, -0.15) is 0 Å². The van der Waals surface area contributed by atoms with E-state index in [2.05, 4.69) is 10.6 Å². The third-order valence-electron chi connectivity index (χ3n) is 6.85. The van der Waals surface area contributed by atoms with Gasteiger partial charge in [-0.25, -0.2) is 0 Å². The molecule has 1 heterocycles. The summed E-state index contributed by atoms with van der Waals surface area (Å²) in [5.74, 6) is -0.178. The molecule has 0 saturated heterocycles. The van der Waals surface area contributed by atoms with Crippen molar-refractivity contribution < 1.29 is 19.1 Å². The number of hydrogen-bond acceptors (Lipinski definition) is 5. The van der Waals surface area contributed by atoms with Crippen molar-refractivity contribution in [3.8, 4) is 5.75 Å². The third-order valence-corrected chi connectivity index (χ3v) is 6.85. The summed E-state index contributed by atoms with van der Waals surface area (Å²) in [4.78, 5) is 43.1. The highest BCUT2D eigenvalue weighted by molar-refractivity contribution is 6.08. The Kier molecular flexibility index (Phi) is 7.26. The van der Waals surface area contributed by atoms with Crippen LogP contribution < -0.4 is 25.2 Å². The maximum atomic E-state index is 14.2. The first-order chi connectivity index (χ1) is 17.3. The molecule has 3 atom stereocenters. The van der Waals surface area contributed by atoms with E-state index >= 15 is 0 Å². The second-order valence-electron chi connectivity index (χ2n) is 9.01. The number of fused-ring (bicyclic) bond motifs is 2. The number of nitrogens with one attached hydrogen (secondary N) is 2. The van der Waals surface area contributed by atoms with Gasteiger partial charge in [-0.15, -0.1) is 0 Å². The summed E-state index contributed by atoms with van der Waals surface area (Å²) in [5, 5.41) is 7.78. The minimum Gasteiger partial charge on any atom is -0.496 e. The van der Waals surface area contributed by atoms with Crippen molar-refractivity contribution in [2.24, 2.45) is 0 Å². The second-order valence-corrected chi connectivity index (χ2v) is 9.01. The van der Waals surface area contributed by atoms with Crippen molar-refractivity contribution in [3.63, 3.8) is 0 Å². The number of carbonyl (C=O) groups excluding carboxylic acids is 3. The van der Waals surface area contributed by atoms with Gasteiger partial charge < -0.3 is 25.2 Å². The summed E-state index contributed by atoms with van der Waals surface area (Å²) in [7, 11) is 3.28. The van der Waals surface area contributed by atoms with E-state index in [0.717, 1.165) is 16.3 Å². The van der Waals surface area contributed by atoms with Gasteiger partial charge in [0.05, 0.1) is 37.1 Å². The molecule has 188 valence electrons. The van der Waals surface area contributed by atoms with Gasteiger partial charge in [-0.3, -0.25) is 14.4 Å². The molecule has 3 aromatic rings. The molecule has 1 aliphatic heterocycles. The summed E-state index contributed by atoms with van der Waals surface area (Å²) in [6, 6.07) is 17.1. The van der Waals surface area contributed by atoms with Crippen molar-refractivity contribution in [1.29, 1.82) is 0 Å². The molecule has 0 aromatic heterocycles. The maximum absolute atomic E-state index is 14.2. The number of methoxy groups -OCH3 is 1. The molecule has 8 nitrogen and oxygen atoms in total. The van der Waals surface area contributed by atoms with Crippen LogP contribution in [0.15, 0.2) is 60.7 Å². The average molecular weight is 489 g/mol. The van der Waals surface area contributed by atoms with E-state index in [9.17, 15) is 14.4 Å². The Balaban J connectivity index is 1.88. The first-order valence-corrected chi connectivity index (χ1v) is 12.0. The molecule has 1 aliphatic rings. The molecule has 0 radical (unpaired) electrons. The lowest BCUT2D eigenvalue weighted by Gasteiger charge is -2.32. The molecule has 36 heavy (non-hydrogen) atoms. The number of anilines is 2. The summed E-state index contributed by atoms with van der Waals surface area (Å²) >= 11 is 0. The van der Waals surface area contributed by atoms with Crippen molar-refractivity contribution in [3.05, 3.63) is 66.2 Å². The van der Waals surface area contributed by atoms with Gasteiger partial charge in [-0.05, 0) is 49.9 Å². The van der Waals surface area contributed by atoms with Crippen molar-refractivity contribution in [1.82, 2.24) is 10.6 Å². The molecule has 1 unspecified atom stereocenters. The lowest BCUT2D eigenvalue weighted by atomic mass is 10.0. The molecule has 0 aliphatic carbocycles. The number of nitrogens with zero attached hydrogens (tertiary/aromatic N) is 2. The van der Waals surface area contributed by atoms with Crippen LogP contribution >= 0.6 is 0 Å². The van der Waals surface area contributed by atoms with E-state index < -0.39 is 18.1 Å². The van der Waals surface area contributed by atoms with Crippen LogP contribution in [0.25, 0.3) is 10.8 Å². The fourth-order valence-corrected chi connectivity index (χ4v) is 4.80. The van der Waals surface area contributed by atoms with Crippen LogP contribution in [0.3, 0.4) is 0 Å². The summed E-state index contributed by atoms with van der Waals surface area (Å²) in [6.07, 6.45) is 0. The van der Waals surface area contributed by atoms with Crippen LogP contribution in [0.5, 0.6) is 5.75 Å². The van der Waals surface area contributed by atoms with Crippen LogP contribution in [-0.2, 0) is 20.9 Å². The van der Waals surface area contributed by atoms with Crippen molar-refractivity contribution >= 4 is 39.9 Å². The largest absolute Gasteiger partial charge is 0.496 e. The quantitative estimate of drug-likeness (QED) is 0.556. The molecule has 2 N–H and O–H groups in total. The average Bonchev–Trinajstić information content (AvgIpc) is 2.97. The van der Waals surface area contributed by atoms with Gasteiger partial charge in [0.1, 0.15) is 11.8 Å². The predicted molar refractivity (Wildman–Crippen MR) is 141 cm³/mol. The van der Waals surface area contributed by atoms with E-state index in [1.54, 1.807) is 37.8 Å². The van der Waals surface area contributed by atoms with E-state index in [1.165, 1.54) is 6.92 Å². The fraction of sp³-hybridized carbons (Fsp3) is 0.321. The molecular weight excluding hydrogens is 456 g/mol. The Hall–Kier alpha value is -3.91. The fourth-order valence-electron chi connectivity index (χ4n) is 4.80. The molecular formula is C28H32N4O4. The number of rotatable bonds is 6. The smallest absolute Gasteiger partial charge is 0.252 e. The SMILES string of the molecule is CNC(C)C(=O)N[C@@H]1C(=O)N(Cc2c(OC)ccc3ccccc23)c2ccccc2N(C(C)=O)[C@H]1C. The number of amides is 3. The zero-order valence-corrected chi connectivity index (χ0v) is 21.2. The highest BCUT2D eigenvalue weighted by atomic mass is 16.5. The highest BCUT2D eigenvalue weighted by Gasteiger charge is 2.41. The molecule has 0 bridgehead atoms. The maximum Gasteiger partial charge on any atom is 0.252 e. The van der Waals surface area contributed by atoms with Crippen LogP contribution in [-0.4, -0.2) is 50.0 Å².